The number of aliphatic carboxylic acids is 1. The first-order chi connectivity index (χ1) is 9.95. The highest BCUT2D eigenvalue weighted by Crippen LogP contribution is 2.21. The van der Waals surface area contributed by atoms with Gasteiger partial charge in [0.1, 0.15) is 5.75 Å². The van der Waals surface area contributed by atoms with Crippen molar-refractivity contribution in [3.63, 3.8) is 0 Å². The van der Waals surface area contributed by atoms with Gasteiger partial charge < -0.3 is 15.5 Å². The second-order valence-corrected chi connectivity index (χ2v) is 5.63. The Morgan fingerprint density at radius 1 is 1.14 bits per heavy atom. The van der Waals surface area contributed by atoms with Crippen molar-refractivity contribution in [1.82, 2.24) is 0 Å². The summed E-state index contributed by atoms with van der Waals surface area (Å²) in [4.78, 5) is 22.8. The number of anilines is 1. The minimum absolute atomic E-state index is 0.102. The third-order valence-corrected chi connectivity index (χ3v) is 3.41. The number of rotatable bonds is 4. The molecule has 6 heteroatoms. The number of hydrogen-bond acceptors (Lipinski definition) is 3. The fourth-order valence-corrected chi connectivity index (χ4v) is 2.31. The van der Waals surface area contributed by atoms with Crippen LogP contribution in [0.1, 0.15) is 15.9 Å². The second kappa shape index (κ2) is 6.57. The molecule has 0 unspecified atom stereocenters. The van der Waals surface area contributed by atoms with Crippen LogP contribution in [0.25, 0.3) is 0 Å². The Balaban J connectivity index is 2.19. The van der Waals surface area contributed by atoms with Crippen molar-refractivity contribution in [3.8, 4) is 5.75 Å². The Morgan fingerprint density at radius 3 is 2.62 bits per heavy atom. The molecular weight excluding hydrogens is 385 g/mol. The average molecular weight is 397 g/mol. The molecule has 0 saturated heterocycles. The summed E-state index contributed by atoms with van der Waals surface area (Å²) in [5.41, 5.74) is 1.25. The largest absolute Gasteiger partial charge is 0.507 e. The fraction of sp³-hybridized carbons (Fsp3) is 0.0667. The molecule has 0 spiro atoms. The van der Waals surface area contributed by atoms with Gasteiger partial charge in [-0.25, -0.2) is 0 Å². The van der Waals surface area contributed by atoms with E-state index in [4.69, 9.17) is 5.11 Å². The van der Waals surface area contributed by atoms with Crippen LogP contribution in [0.4, 0.5) is 5.69 Å². The van der Waals surface area contributed by atoms with Crippen LogP contribution in [-0.4, -0.2) is 22.1 Å². The third kappa shape index (κ3) is 4.19. The van der Waals surface area contributed by atoms with Crippen molar-refractivity contribution in [1.29, 1.82) is 0 Å². The molecule has 3 N–H and O–H groups in total. The Hall–Kier alpha value is -2.09. The smallest absolute Gasteiger partial charge is 0.307 e. The molecule has 0 saturated carbocycles. The number of benzene rings is 2. The number of nitrogens with one attached hydrogen (secondary N) is 1. The lowest BCUT2D eigenvalue weighted by Crippen LogP contribution is -2.12. The van der Waals surface area contributed by atoms with E-state index in [-0.39, 0.29) is 17.7 Å². The first-order valence-electron chi connectivity index (χ1n) is 6.06. The van der Waals surface area contributed by atoms with E-state index in [1.165, 1.54) is 6.07 Å². The second-order valence-electron chi connectivity index (χ2n) is 4.39. The maximum absolute atomic E-state index is 12.1. The summed E-state index contributed by atoms with van der Waals surface area (Å²) in [6.07, 6.45) is -0.113. The van der Waals surface area contributed by atoms with Crippen LogP contribution in [0, 0.1) is 3.57 Å². The van der Waals surface area contributed by atoms with Gasteiger partial charge in [-0.3, -0.25) is 9.59 Å². The Bertz CT molecular complexity index is 700. The van der Waals surface area contributed by atoms with Gasteiger partial charge in [0, 0.05) is 9.26 Å². The zero-order chi connectivity index (χ0) is 15.4. The number of carboxylic acids is 1. The molecule has 108 valence electrons. The summed E-state index contributed by atoms with van der Waals surface area (Å²) in [7, 11) is 0. The van der Waals surface area contributed by atoms with E-state index < -0.39 is 11.9 Å². The molecule has 0 radical (unpaired) electrons. The highest BCUT2D eigenvalue weighted by molar-refractivity contribution is 14.1. The van der Waals surface area contributed by atoms with Gasteiger partial charge in [-0.1, -0.05) is 12.1 Å². The molecule has 0 heterocycles. The molecule has 0 aromatic heterocycles. The van der Waals surface area contributed by atoms with Crippen molar-refractivity contribution in [2.45, 2.75) is 6.42 Å². The van der Waals surface area contributed by atoms with E-state index in [1.54, 1.807) is 36.4 Å². The maximum Gasteiger partial charge on any atom is 0.307 e. The Morgan fingerprint density at radius 2 is 1.90 bits per heavy atom. The minimum Gasteiger partial charge on any atom is -0.507 e. The van der Waals surface area contributed by atoms with Crippen LogP contribution in [0.5, 0.6) is 5.75 Å². The molecule has 2 aromatic rings. The quantitative estimate of drug-likeness (QED) is 0.693. The Labute approximate surface area is 134 Å². The summed E-state index contributed by atoms with van der Waals surface area (Å²) in [6, 6.07) is 11.3. The van der Waals surface area contributed by atoms with Gasteiger partial charge in [0.2, 0.25) is 0 Å². The predicted molar refractivity (Wildman–Crippen MR) is 86.6 cm³/mol. The van der Waals surface area contributed by atoms with Gasteiger partial charge in [-0.15, -0.1) is 0 Å². The predicted octanol–water partition coefficient (Wildman–Crippen LogP) is 2.88. The number of phenolic OH excluding ortho intramolecular Hbond substituents is 1. The number of phenols is 1. The highest BCUT2D eigenvalue weighted by atomic mass is 127. The maximum atomic E-state index is 12.1. The molecule has 0 aliphatic heterocycles. The van der Waals surface area contributed by atoms with E-state index >= 15 is 0 Å². The lowest BCUT2D eigenvalue weighted by atomic mass is 10.1. The van der Waals surface area contributed by atoms with Gasteiger partial charge in [-0.2, -0.15) is 0 Å². The number of hydrogen-bond donors (Lipinski definition) is 3. The van der Waals surface area contributed by atoms with Gasteiger partial charge in [-0.05, 0) is 58.5 Å². The topological polar surface area (TPSA) is 86.6 Å². The van der Waals surface area contributed by atoms with E-state index in [0.29, 0.717) is 11.3 Å². The summed E-state index contributed by atoms with van der Waals surface area (Å²) < 4.78 is 0.829. The monoisotopic (exact) mass is 397 g/mol. The molecule has 0 atom stereocenters. The average Bonchev–Trinajstić information content (AvgIpc) is 2.41. The van der Waals surface area contributed by atoms with Crippen LogP contribution in [0.2, 0.25) is 0 Å². The first-order valence-corrected chi connectivity index (χ1v) is 7.14. The molecule has 5 nitrogen and oxygen atoms in total. The van der Waals surface area contributed by atoms with Crippen molar-refractivity contribution < 1.29 is 19.8 Å². The summed E-state index contributed by atoms with van der Waals surface area (Å²) in [5.74, 6) is -1.48. The van der Waals surface area contributed by atoms with E-state index in [1.807, 2.05) is 22.6 Å². The van der Waals surface area contributed by atoms with Crippen molar-refractivity contribution in [2.75, 3.05) is 5.32 Å². The molecular formula is C15H12INO4. The van der Waals surface area contributed by atoms with Gasteiger partial charge in [0.05, 0.1) is 12.0 Å². The minimum atomic E-state index is -0.936. The SMILES string of the molecule is O=C(O)Cc1cccc(NC(=O)c2cc(I)ccc2O)c1. The summed E-state index contributed by atoms with van der Waals surface area (Å²) in [5, 5.41) is 21.1. The summed E-state index contributed by atoms with van der Waals surface area (Å²) >= 11 is 2.05. The van der Waals surface area contributed by atoms with Crippen molar-refractivity contribution in [2.24, 2.45) is 0 Å². The van der Waals surface area contributed by atoms with E-state index in [0.717, 1.165) is 3.57 Å². The molecule has 1 amide bonds. The van der Waals surface area contributed by atoms with Crippen LogP contribution in [-0.2, 0) is 11.2 Å². The molecule has 0 fully saturated rings. The van der Waals surface area contributed by atoms with Gasteiger partial charge >= 0.3 is 5.97 Å². The van der Waals surface area contributed by atoms with Crippen LogP contribution in [0.3, 0.4) is 0 Å². The molecule has 2 rings (SSSR count). The van der Waals surface area contributed by atoms with E-state index in [2.05, 4.69) is 5.32 Å². The zero-order valence-corrected chi connectivity index (χ0v) is 13.0. The molecule has 0 aliphatic carbocycles. The van der Waals surface area contributed by atoms with Gasteiger partial charge in [0.25, 0.3) is 5.91 Å². The van der Waals surface area contributed by atoms with Crippen molar-refractivity contribution >= 4 is 40.2 Å². The molecule has 0 bridgehead atoms. The van der Waals surface area contributed by atoms with Crippen LogP contribution >= 0.6 is 22.6 Å². The summed E-state index contributed by atoms with van der Waals surface area (Å²) in [6.45, 7) is 0. The lowest BCUT2D eigenvalue weighted by Gasteiger charge is -2.08. The molecule has 0 aliphatic rings. The number of carbonyl (C=O) groups excluding carboxylic acids is 1. The van der Waals surface area contributed by atoms with Crippen molar-refractivity contribution in [3.05, 3.63) is 57.2 Å². The van der Waals surface area contributed by atoms with Crippen LogP contribution in [0.15, 0.2) is 42.5 Å². The standard InChI is InChI=1S/C15H12INO4/c16-10-4-5-13(18)12(8-10)15(21)17-11-3-1-2-9(6-11)7-14(19)20/h1-6,8,18H,7H2,(H,17,21)(H,19,20). The number of amides is 1. The Kier molecular flexibility index (Phi) is 4.79. The lowest BCUT2D eigenvalue weighted by molar-refractivity contribution is -0.136. The normalized spacial score (nSPS) is 10.1. The number of carboxylic acid groups (broad SMARTS) is 1. The zero-order valence-electron chi connectivity index (χ0n) is 10.8. The molecule has 21 heavy (non-hydrogen) atoms. The van der Waals surface area contributed by atoms with E-state index in [9.17, 15) is 14.7 Å². The van der Waals surface area contributed by atoms with Crippen LogP contribution < -0.4 is 5.32 Å². The number of carbonyl (C=O) groups is 2. The molecule has 2 aromatic carbocycles. The highest BCUT2D eigenvalue weighted by Gasteiger charge is 2.12. The third-order valence-electron chi connectivity index (χ3n) is 2.74. The first kappa shape index (κ1) is 15.3. The number of aromatic hydroxyl groups is 1. The van der Waals surface area contributed by atoms with Gasteiger partial charge in [0.15, 0.2) is 0 Å². The fourth-order valence-electron chi connectivity index (χ4n) is 1.82. The number of halogens is 1.